The van der Waals surface area contributed by atoms with Gasteiger partial charge in [0, 0.05) is 24.2 Å². The number of rotatable bonds is 7. The minimum absolute atomic E-state index is 0.0210. The van der Waals surface area contributed by atoms with Crippen LogP contribution < -0.4 is 5.73 Å². The summed E-state index contributed by atoms with van der Waals surface area (Å²) in [6.07, 6.45) is -3.91. The van der Waals surface area contributed by atoms with Crippen molar-refractivity contribution in [2.75, 3.05) is 26.2 Å². The molecule has 0 saturated heterocycles. The first-order valence-electron chi connectivity index (χ1n) is 6.23. The maximum Gasteiger partial charge on any atom is 0.401 e. The molecule has 0 aliphatic heterocycles. The average Bonchev–Trinajstić information content (AvgIpc) is 2.35. The summed E-state index contributed by atoms with van der Waals surface area (Å²) in [5.41, 5.74) is 6.76. The molecule has 114 valence electrons. The van der Waals surface area contributed by atoms with E-state index in [0.29, 0.717) is 11.4 Å². The van der Waals surface area contributed by atoms with Crippen molar-refractivity contribution < 1.29 is 18.3 Å². The van der Waals surface area contributed by atoms with Crippen molar-refractivity contribution in [1.29, 1.82) is 0 Å². The largest absolute Gasteiger partial charge is 0.401 e. The highest BCUT2D eigenvalue weighted by Crippen LogP contribution is 2.20. The van der Waals surface area contributed by atoms with E-state index >= 15 is 0 Å². The molecular formula is C13H18ClF3N2O. The molecule has 0 radical (unpaired) electrons. The van der Waals surface area contributed by atoms with Gasteiger partial charge in [-0.2, -0.15) is 13.2 Å². The molecular weight excluding hydrogens is 293 g/mol. The predicted molar refractivity (Wildman–Crippen MR) is 72.6 cm³/mol. The average molecular weight is 311 g/mol. The van der Waals surface area contributed by atoms with E-state index in [9.17, 15) is 13.2 Å². The van der Waals surface area contributed by atoms with Gasteiger partial charge in [0.2, 0.25) is 0 Å². The number of halogens is 4. The molecule has 20 heavy (non-hydrogen) atoms. The Morgan fingerprint density at radius 1 is 1.20 bits per heavy atom. The third-order valence-corrected chi connectivity index (χ3v) is 3.13. The normalized spacial score (nSPS) is 13.8. The molecule has 1 aromatic carbocycles. The van der Waals surface area contributed by atoms with Crippen LogP contribution in [0.15, 0.2) is 24.3 Å². The van der Waals surface area contributed by atoms with Crippen LogP contribution in [-0.4, -0.2) is 42.4 Å². The van der Waals surface area contributed by atoms with E-state index in [4.69, 9.17) is 22.4 Å². The molecule has 0 aromatic heterocycles. The second-order valence-corrected chi connectivity index (χ2v) is 5.00. The molecule has 0 aliphatic rings. The highest BCUT2D eigenvalue weighted by molar-refractivity contribution is 6.30. The summed E-state index contributed by atoms with van der Waals surface area (Å²) in [6, 6.07) is 6.54. The lowest BCUT2D eigenvalue weighted by molar-refractivity contribution is -0.146. The minimum atomic E-state index is -4.28. The van der Waals surface area contributed by atoms with E-state index in [0.717, 1.165) is 10.5 Å². The third-order valence-electron chi connectivity index (χ3n) is 2.87. The molecule has 0 fully saturated rings. The summed E-state index contributed by atoms with van der Waals surface area (Å²) in [5, 5.41) is 9.37. The fourth-order valence-electron chi connectivity index (χ4n) is 1.86. The fraction of sp³-hybridized carbons (Fsp3) is 0.538. The first kappa shape index (κ1) is 17.2. The molecule has 3 nitrogen and oxygen atoms in total. The van der Waals surface area contributed by atoms with E-state index in [2.05, 4.69) is 0 Å². The van der Waals surface area contributed by atoms with Gasteiger partial charge in [-0.25, -0.2) is 0 Å². The fourth-order valence-corrected chi connectivity index (χ4v) is 1.99. The van der Waals surface area contributed by atoms with Crippen molar-refractivity contribution in [3.8, 4) is 0 Å². The van der Waals surface area contributed by atoms with Gasteiger partial charge < -0.3 is 10.8 Å². The van der Waals surface area contributed by atoms with Crippen molar-refractivity contribution >= 4 is 11.6 Å². The summed E-state index contributed by atoms with van der Waals surface area (Å²) >= 11 is 5.76. The molecule has 1 rings (SSSR count). The third kappa shape index (κ3) is 6.56. The van der Waals surface area contributed by atoms with E-state index in [1.54, 1.807) is 24.3 Å². The van der Waals surface area contributed by atoms with Crippen LogP contribution >= 0.6 is 11.6 Å². The lowest BCUT2D eigenvalue weighted by Crippen LogP contribution is -2.37. The second kappa shape index (κ2) is 7.83. The Morgan fingerprint density at radius 2 is 1.80 bits per heavy atom. The van der Waals surface area contributed by atoms with Gasteiger partial charge >= 0.3 is 6.18 Å². The molecule has 0 spiro atoms. The summed E-state index contributed by atoms with van der Waals surface area (Å²) in [4.78, 5) is 1.15. The van der Waals surface area contributed by atoms with E-state index in [1.807, 2.05) is 0 Å². The Labute approximate surface area is 121 Å². The maximum absolute atomic E-state index is 12.4. The Balaban J connectivity index is 2.51. The lowest BCUT2D eigenvalue weighted by atomic mass is 10.0. The molecule has 1 aromatic rings. The number of hydrogen-bond donors (Lipinski definition) is 2. The van der Waals surface area contributed by atoms with Crippen molar-refractivity contribution in [2.45, 2.75) is 18.6 Å². The molecule has 3 N–H and O–H groups in total. The van der Waals surface area contributed by atoms with Crippen molar-refractivity contribution in [2.24, 2.45) is 5.73 Å². The van der Waals surface area contributed by atoms with Crippen LogP contribution in [0, 0.1) is 0 Å². The monoisotopic (exact) mass is 310 g/mol. The van der Waals surface area contributed by atoms with Gasteiger partial charge in [-0.15, -0.1) is 0 Å². The number of nitrogens with zero attached hydrogens (tertiary/aromatic N) is 1. The molecule has 7 heteroatoms. The predicted octanol–water partition coefficient (Wildman–Crippen LogP) is 2.59. The van der Waals surface area contributed by atoms with Gasteiger partial charge in [0.25, 0.3) is 0 Å². The Bertz CT molecular complexity index is 398. The first-order valence-corrected chi connectivity index (χ1v) is 6.60. The van der Waals surface area contributed by atoms with Crippen LogP contribution in [0.3, 0.4) is 0 Å². The van der Waals surface area contributed by atoms with Crippen LogP contribution in [0.1, 0.15) is 18.0 Å². The Kier molecular flexibility index (Phi) is 6.75. The number of aliphatic hydroxyl groups is 1. The van der Waals surface area contributed by atoms with E-state index in [-0.39, 0.29) is 25.7 Å². The van der Waals surface area contributed by atoms with Crippen molar-refractivity contribution in [3.05, 3.63) is 34.9 Å². The van der Waals surface area contributed by atoms with Crippen LogP contribution in [0.4, 0.5) is 13.2 Å². The molecule has 1 atom stereocenters. The van der Waals surface area contributed by atoms with Gasteiger partial charge in [0.15, 0.2) is 0 Å². The number of aliphatic hydroxyl groups excluding tert-OH is 1. The topological polar surface area (TPSA) is 49.5 Å². The smallest absolute Gasteiger partial charge is 0.395 e. The zero-order valence-electron chi connectivity index (χ0n) is 10.9. The van der Waals surface area contributed by atoms with E-state index < -0.39 is 12.7 Å². The van der Waals surface area contributed by atoms with Crippen molar-refractivity contribution in [3.63, 3.8) is 0 Å². The maximum atomic E-state index is 12.4. The zero-order chi connectivity index (χ0) is 15.2. The Hall–Kier alpha value is -0.820. The second-order valence-electron chi connectivity index (χ2n) is 4.56. The molecule has 0 aliphatic carbocycles. The summed E-state index contributed by atoms with van der Waals surface area (Å²) in [6.45, 7) is -1.20. The van der Waals surface area contributed by atoms with Crippen LogP contribution in [0.2, 0.25) is 5.02 Å². The van der Waals surface area contributed by atoms with Gasteiger partial charge in [0.05, 0.1) is 13.2 Å². The quantitative estimate of drug-likeness (QED) is 0.814. The zero-order valence-corrected chi connectivity index (χ0v) is 11.7. The van der Waals surface area contributed by atoms with Crippen LogP contribution in [-0.2, 0) is 0 Å². The lowest BCUT2D eigenvalue weighted by Gasteiger charge is -2.24. The van der Waals surface area contributed by atoms with Gasteiger partial charge in [0.1, 0.15) is 0 Å². The molecule has 0 heterocycles. The highest BCUT2D eigenvalue weighted by atomic mass is 35.5. The van der Waals surface area contributed by atoms with Gasteiger partial charge in [-0.1, -0.05) is 23.7 Å². The molecule has 0 saturated carbocycles. The van der Waals surface area contributed by atoms with Gasteiger partial charge in [-0.3, -0.25) is 4.90 Å². The Morgan fingerprint density at radius 3 is 2.30 bits per heavy atom. The highest BCUT2D eigenvalue weighted by Gasteiger charge is 2.30. The van der Waals surface area contributed by atoms with Crippen molar-refractivity contribution in [1.82, 2.24) is 4.90 Å². The minimum Gasteiger partial charge on any atom is -0.395 e. The van der Waals surface area contributed by atoms with Crippen LogP contribution in [0.25, 0.3) is 0 Å². The summed E-state index contributed by atoms with van der Waals surface area (Å²) in [7, 11) is 0. The number of hydrogen-bond acceptors (Lipinski definition) is 3. The number of nitrogens with two attached hydrogens (primary N) is 1. The molecule has 1 unspecified atom stereocenters. The van der Waals surface area contributed by atoms with Gasteiger partial charge in [-0.05, 0) is 24.1 Å². The molecule has 0 amide bonds. The van der Waals surface area contributed by atoms with Crippen LogP contribution in [0.5, 0.6) is 0 Å². The first-order chi connectivity index (χ1) is 9.31. The van der Waals surface area contributed by atoms with E-state index in [1.165, 1.54) is 0 Å². The number of benzene rings is 1. The SMILES string of the molecule is NC(CCN(CCO)CC(F)(F)F)c1ccc(Cl)cc1. The standard InChI is InChI=1S/C13H18ClF3N2O/c14-11-3-1-10(2-4-11)12(18)5-6-19(7-8-20)9-13(15,16)17/h1-4,12,20H,5-9,18H2. The number of alkyl halides is 3. The summed E-state index contributed by atoms with van der Waals surface area (Å²) < 4.78 is 37.1. The molecule has 0 bridgehead atoms. The summed E-state index contributed by atoms with van der Waals surface area (Å²) in [5.74, 6) is 0.